The fourth-order valence-electron chi connectivity index (χ4n) is 1.45. The van der Waals surface area contributed by atoms with Crippen LogP contribution in [0.25, 0.3) is 0 Å². The van der Waals surface area contributed by atoms with Crippen LogP contribution in [0.3, 0.4) is 0 Å². The lowest BCUT2D eigenvalue weighted by Crippen LogP contribution is -2.02. The Labute approximate surface area is 125 Å². The Bertz CT molecular complexity index is 738. The maximum atomic E-state index is 13.0. The highest BCUT2D eigenvalue weighted by molar-refractivity contribution is 9.10. The molecule has 0 aliphatic heterocycles. The first-order valence-corrected chi connectivity index (χ1v) is 6.18. The first kappa shape index (κ1) is 14.9. The zero-order valence-corrected chi connectivity index (χ0v) is 11.7. The molecule has 0 aliphatic carbocycles. The molecule has 1 heterocycles. The molecule has 1 N–H and O–H groups in total. The molecule has 0 amide bonds. The van der Waals surface area contributed by atoms with E-state index < -0.39 is 16.7 Å². The van der Waals surface area contributed by atoms with Gasteiger partial charge in [-0.25, -0.2) is 14.2 Å². The van der Waals surface area contributed by atoms with E-state index >= 15 is 0 Å². The lowest BCUT2D eigenvalue weighted by molar-refractivity contribution is -0.385. The van der Waals surface area contributed by atoms with Crippen molar-refractivity contribution in [3.8, 4) is 11.6 Å². The van der Waals surface area contributed by atoms with Gasteiger partial charge in [-0.1, -0.05) is 0 Å². The predicted molar refractivity (Wildman–Crippen MR) is 72.0 cm³/mol. The smallest absolute Gasteiger partial charge is 0.339 e. The number of hydrogen-bond acceptors (Lipinski definition) is 5. The number of carbonyl (C=O) groups is 1. The van der Waals surface area contributed by atoms with Gasteiger partial charge in [0.1, 0.15) is 23.3 Å². The third kappa shape index (κ3) is 3.31. The predicted octanol–water partition coefficient (Wildman–Crippen LogP) is 3.38. The lowest BCUT2D eigenvalue weighted by atomic mass is 10.2. The Morgan fingerprint density at radius 1 is 1.43 bits per heavy atom. The summed E-state index contributed by atoms with van der Waals surface area (Å²) in [6.45, 7) is 0. The fraction of sp³-hybridized carbons (Fsp3) is 0. The van der Waals surface area contributed by atoms with Crippen LogP contribution in [0.15, 0.2) is 34.9 Å². The summed E-state index contributed by atoms with van der Waals surface area (Å²) in [6, 6.07) is 4.12. The molecule has 0 radical (unpaired) electrons. The molecule has 108 valence electrons. The molecule has 0 saturated heterocycles. The van der Waals surface area contributed by atoms with E-state index in [9.17, 15) is 19.3 Å². The van der Waals surface area contributed by atoms with Gasteiger partial charge in [0.15, 0.2) is 0 Å². The van der Waals surface area contributed by atoms with Gasteiger partial charge in [-0.05, 0) is 34.1 Å². The molecule has 9 heteroatoms. The largest absolute Gasteiger partial charge is 0.478 e. The average molecular weight is 357 g/mol. The quantitative estimate of drug-likeness (QED) is 0.665. The normalized spacial score (nSPS) is 10.2. The Kier molecular flexibility index (Phi) is 4.13. The minimum absolute atomic E-state index is 0.0743. The van der Waals surface area contributed by atoms with Gasteiger partial charge in [-0.3, -0.25) is 10.1 Å². The summed E-state index contributed by atoms with van der Waals surface area (Å²) < 4.78 is 18.5. The highest BCUT2D eigenvalue weighted by Gasteiger charge is 2.17. The summed E-state index contributed by atoms with van der Waals surface area (Å²) in [5.41, 5.74) is -0.645. The molecule has 1 aromatic heterocycles. The van der Waals surface area contributed by atoms with E-state index in [0.717, 1.165) is 30.5 Å². The number of rotatable bonds is 4. The first-order chi connectivity index (χ1) is 9.88. The average Bonchev–Trinajstić information content (AvgIpc) is 2.42. The number of aromatic nitrogens is 1. The van der Waals surface area contributed by atoms with Crippen LogP contribution in [0.5, 0.6) is 11.6 Å². The van der Waals surface area contributed by atoms with Gasteiger partial charge in [0.2, 0.25) is 5.88 Å². The molecular formula is C12H6BrFN2O5. The number of ether oxygens (including phenoxy) is 1. The van der Waals surface area contributed by atoms with Crippen molar-refractivity contribution in [3.63, 3.8) is 0 Å². The first-order valence-electron chi connectivity index (χ1n) is 5.39. The molecule has 2 aromatic rings. The number of aromatic carboxylic acids is 1. The summed E-state index contributed by atoms with van der Waals surface area (Å²) in [5.74, 6) is -2.31. The molecule has 0 fully saturated rings. The van der Waals surface area contributed by atoms with Crippen LogP contribution in [0.4, 0.5) is 10.1 Å². The SMILES string of the molecule is O=C(O)c1cc(F)ccc1Oc1ncc([N+](=O)[O-])cc1Br. The second kappa shape index (κ2) is 5.83. The topological polar surface area (TPSA) is 103 Å². The number of carboxylic acids is 1. The van der Waals surface area contributed by atoms with E-state index in [1.165, 1.54) is 0 Å². The number of nitro groups is 1. The Morgan fingerprint density at radius 3 is 2.71 bits per heavy atom. The van der Waals surface area contributed by atoms with Crippen molar-refractivity contribution >= 4 is 27.6 Å². The monoisotopic (exact) mass is 356 g/mol. The molecule has 21 heavy (non-hydrogen) atoms. The van der Waals surface area contributed by atoms with Crippen LogP contribution in [0.1, 0.15) is 10.4 Å². The van der Waals surface area contributed by atoms with Gasteiger partial charge in [0, 0.05) is 6.07 Å². The van der Waals surface area contributed by atoms with Gasteiger partial charge < -0.3 is 9.84 Å². The molecule has 0 aliphatic rings. The van der Waals surface area contributed by atoms with E-state index in [-0.39, 0.29) is 27.4 Å². The molecule has 0 unspecified atom stereocenters. The maximum absolute atomic E-state index is 13.0. The highest BCUT2D eigenvalue weighted by atomic mass is 79.9. The van der Waals surface area contributed by atoms with Crippen LogP contribution >= 0.6 is 15.9 Å². The van der Waals surface area contributed by atoms with Gasteiger partial charge >= 0.3 is 5.97 Å². The van der Waals surface area contributed by atoms with Crippen molar-refractivity contribution in [2.45, 2.75) is 0 Å². The van der Waals surface area contributed by atoms with Crippen LogP contribution in [-0.2, 0) is 0 Å². The standard InChI is InChI=1S/C12H6BrFN2O5/c13-9-4-7(16(19)20)5-15-11(9)21-10-2-1-6(14)3-8(10)12(17)18/h1-5H,(H,17,18). The summed E-state index contributed by atoms with van der Waals surface area (Å²) in [6.07, 6.45) is 0.962. The fourth-order valence-corrected chi connectivity index (χ4v) is 1.87. The molecule has 1 aromatic carbocycles. The molecule has 0 spiro atoms. The molecule has 0 saturated carbocycles. The minimum atomic E-state index is -1.37. The van der Waals surface area contributed by atoms with Crippen molar-refractivity contribution < 1.29 is 24.0 Å². The minimum Gasteiger partial charge on any atom is -0.478 e. The lowest BCUT2D eigenvalue weighted by Gasteiger charge is -2.09. The van der Waals surface area contributed by atoms with Gasteiger partial charge in [-0.15, -0.1) is 0 Å². The number of hydrogen-bond donors (Lipinski definition) is 1. The van der Waals surface area contributed by atoms with Crippen molar-refractivity contribution in [1.82, 2.24) is 4.98 Å². The second-order valence-electron chi connectivity index (χ2n) is 3.79. The van der Waals surface area contributed by atoms with Gasteiger partial charge in [0.25, 0.3) is 5.69 Å². The zero-order valence-electron chi connectivity index (χ0n) is 10.1. The van der Waals surface area contributed by atoms with Crippen molar-refractivity contribution in [3.05, 3.63) is 56.4 Å². The van der Waals surface area contributed by atoms with E-state index in [2.05, 4.69) is 20.9 Å². The van der Waals surface area contributed by atoms with E-state index in [0.29, 0.717) is 0 Å². The van der Waals surface area contributed by atoms with Crippen molar-refractivity contribution in [2.75, 3.05) is 0 Å². The van der Waals surface area contributed by atoms with Gasteiger partial charge in [-0.2, -0.15) is 0 Å². The summed E-state index contributed by atoms with van der Waals surface area (Å²) in [7, 11) is 0. The van der Waals surface area contributed by atoms with Crippen LogP contribution < -0.4 is 4.74 Å². The summed E-state index contributed by atoms with van der Waals surface area (Å²) in [5, 5.41) is 19.6. The number of benzene rings is 1. The number of nitrogens with zero attached hydrogens (tertiary/aromatic N) is 2. The third-order valence-corrected chi connectivity index (χ3v) is 2.95. The van der Waals surface area contributed by atoms with Crippen molar-refractivity contribution in [1.29, 1.82) is 0 Å². The number of carboxylic acid groups (broad SMARTS) is 1. The molecule has 0 atom stereocenters. The second-order valence-corrected chi connectivity index (χ2v) is 4.64. The maximum Gasteiger partial charge on any atom is 0.339 e. The highest BCUT2D eigenvalue weighted by Crippen LogP contribution is 2.32. The van der Waals surface area contributed by atoms with E-state index in [1.807, 2.05) is 0 Å². The summed E-state index contributed by atoms with van der Waals surface area (Å²) in [4.78, 5) is 24.7. The third-order valence-electron chi connectivity index (χ3n) is 2.38. The van der Waals surface area contributed by atoms with E-state index in [4.69, 9.17) is 9.84 Å². The molecular weight excluding hydrogens is 351 g/mol. The van der Waals surface area contributed by atoms with E-state index in [1.54, 1.807) is 0 Å². The van der Waals surface area contributed by atoms with Crippen LogP contribution in [0.2, 0.25) is 0 Å². The van der Waals surface area contributed by atoms with Crippen LogP contribution in [0, 0.1) is 15.9 Å². The Morgan fingerprint density at radius 2 is 2.14 bits per heavy atom. The molecule has 2 rings (SSSR count). The Hall–Kier alpha value is -2.55. The number of halogens is 2. The molecule has 0 bridgehead atoms. The van der Waals surface area contributed by atoms with Crippen LogP contribution in [-0.4, -0.2) is 21.0 Å². The van der Waals surface area contributed by atoms with Gasteiger partial charge in [0.05, 0.1) is 9.40 Å². The van der Waals surface area contributed by atoms with Crippen molar-refractivity contribution in [2.24, 2.45) is 0 Å². The molecule has 7 nitrogen and oxygen atoms in total. The number of pyridine rings is 1. The zero-order chi connectivity index (χ0) is 15.6. The Balaban J connectivity index is 2.39. The summed E-state index contributed by atoms with van der Waals surface area (Å²) >= 11 is 3.04.